The molecule has 1 aromatic carbocycles. The molecule has 1 aliphatic heterocycles. The van der Waals surface area contributed by atoms with E-state index in [0.717, 1.165) is 12.8 Å². The van der Waals surface area contributed by atoms with Crippen LogP contribution in [0.3, 0.4) is 0 Å². The lowest BCUT2D eigenvalue weighted by atomic mass is 9.69. The SMILES string of the molecule is CC(=O)O/C=C/[C@H](CCc1ccccc1)B1OC(C)(C)C(C)(C)O1. The summed E-state index contributed by atoms with van der Waals surface area (Å²) in [6, 6.07) is 10.3. The van der Waals surface area contributed by atoms with Crippen LogP contribution in [-0.4, -0.2) is 24.3 Å². The predicted octanol–water partition coefficient (Wildman–Crippen LogP) is 4.16. The standard InChI is InChI=1S/C19H27BO4/c1-15(21)22-14-13-17(12-11-16-9-7-6-8-10-16)20-23-18(2,3)19(4,5)24-20/h6-10,13-14,17H,11-12H2,1-5H3/b14-13+/t17-/m0/s1. The normalized spacial score (nSPS) is 20.3. The first-order valence-corrected chi connectivity index (χ1v) is 8.45. The topological polar surface area (TPSA) is 44.8 Å². The molecule has 0 saturated carbocycles. The molecular weight excluding hydrogens is 303 g/mol. The highest BCUT2D eigenvalue weighted by Gasteiger charge is 2.53. The monoisotopic (exact) mass is 330 g/mol. The van der Waals surface area contributed by atoms with Gasteiger partial charge in [-0.15, -0.1) is 0 Å². The molecule has 0 N–H and O–H groups in total. The fraction of sp³-hybridized carbons (Fsp3) is 0.526. The second-order valence-corrected chi connectivity index (χ2v) is 7.25. The van der Waals surface area contributed by atoms with Crippen LogP contribution in [0, 0.1) is 0 Å². The maximum absolute atomic E-state index is 11.0. The smallest absolute Gasteiger partial charge is 0.435 e. The Balaban J connectivity index is 2.08. The van der Waals surface area contributed by atoms with Gasteiger partial charge in [-0.1, -0.05) is 30.3 Å². The number of allylic oxidation sites excluding steroid dienone is 1. The highest BCUT2D eigenvalue weighted by atomic mass is 16.7. The van der Waals surface area contributed by atoms with E-state index in [1.165, 1.54) is 18.7 Å². The third-order valence-corrected chi connectivity index (χ3v) is 4.79. The lowest BCUT2D eigenvalue weighted by molar-refractivity contribution is -0.135. The molecule has 1 heterocycles. The molecule has 24 heavy (non-hydrogen) atoms. The van der Waals surface area contributed by atoms with Gasteiger partial charge in [-0.25, -0.2) is 0 Å². The van der Waals surface area contributed by atoms with Crippen LogP contribution in [0.4, 0.5) is 0 Å². The Morgan fingerprint density at radius 2 is 1.75 bits per heavy atom. The zero-order valence-electron chi connectivity index (χ0n) is 15.2. The van der Waals surface area contributed by atoms with Gasteiger partial charge in [0.15, 0.2) is 0 Å². The van der Waals surface area contributed by atoms with Crippen LogP contribution >= 0.6 is 0 Å². The number of hydrogen-bond donors (Lipinski definition) is 0. The highest BCUT2D eigenvalue weighted by molar-refractivity contribution is 6.48. The number of benzene rings is 1. The Labute approximate surface area is 145 Å². The fourth-order valence-corrected chi connectivity index (χ4v) is 2.60. The zero-order chi connectivity index (χ0) is 17.8. The van der Waals surface area contributed by atoms with Crippen LogP contribution < -0.4 is 0 Å². The summed E-state index contributed by atoms with van der Waals surface area (Å²) in [6.07, 6.45) is 5.06. The number of carbonyl (C=O) groups is 1. The van der Waals surface area contributed by atoms with E-state index in [2.05, 4.69) is 12.1 Å². The van der Waals surface area contributed by atoms with Crippen molar-refractivity contribution in [2.45, 2.75) is 64.5 Å². The number of esters is 1. The first kappa shape index (κ1) is 18.7. The summed E-state index contributed by atoms with van der Waals surface area (Å²) in [5.41, 5.74) is 0.510. The molecule has 0 unspecified atom stereocenters. The number of hydrogen-bond acceptors (Lipinski definition) is 4. The predicted molar refractivity (Wildman–Crippen MR) is 95.5 cm³/mol. The molecule has 4 nitrogen and oxygen atoms in total. The summed E-state index contributed by atoms with van der Waals surface area (Å²) in [5.74, 6) is -0.326. The summed E-state index contributed by atoms with van der Waals surface area (Å²) < 4.78 is 17.3. The Morgan fingerprint density at radius 3 is 2.29 bits per heavy atom. The summed E-state index contributed by atoms with van der Waals surface area (Å²) >= 11 is 0. The van der Waals surface area contributed by atoms with E-state index >= 15 is 0 Å². The van der Waals surface area contributed by atoms with E-state index in [4.69, 9.17) is 14.0 Å². The van der Waals surface area contributed by atoms with Crippen LogP contribution in [0.15, 0.2) is 42.7 Å². The van der Waals surface area contributed by atoms with Crippen molar-refractivity contribution < 1.29 is 18.8 Å². The van der Waals surface area contributed by atoms with Crippen molar-refractivity contribution in [3.63, 3.8) is 0 Å². The Morgan fingerprint density at radius 1 is 1.17 bits per heavy atom. The average molecular weight is 330 g/mol. The molecule has 0 aliphatic carbocycles. The molecule has 1 saturated heterocycles. The van der Waals surface area contributed by atoms with E-state index in [9.17, 15) is 4.79 Å². The number of carbonyl (C=O) groups excluding carboxylic acids is 1. The maximum atomic E-state index is 11.0. The molecule has 0 spiro atoms. The minimum atomic E-state index is -0.377. The number of ether oxygens (including phenoxy) is 1. The third-order valence-electron chi connectivity index (χ3n) is 4.79. The number of rotatable bonds is 6. The molecule has 5 heteroatoms. The van der Waals surface area contributed by atoms with Crippen molar-refractivity contribution in [3.8, 4) is 0 Å². The van der Waals surface area contributed by atoms with Crippen LogP contribution in [0.2, 0.25) is 5.82 Å². The van der Waals surface area contributed by atoms with Crippen molar-refractivity contribution in [3.05, 3.63) is 48.2 Å². The lowest BCUT2D eigenvalue weighted by Crippen LogP contribution is -2.41. The van der Waals surface area contributed by atoms with E-state index < -0.39 is 0 Å². The van der Waals surface area contributed by atoms with E-state index in [1.807, 2.05) is 52.0 Å². The molecule has 0 aromatic heterocycles. The zero-order valence-corrected chi connectivity index (χ0v) is 15.2. The van der Waals surface area contributed by atoms with Crippen molar-refractivity contribution >= 4 is 13.1 Å². The van der Waals surface area contributed by atoms with Crippen LogP contribution in [-0.2, 0) is 25.3 Å². The molecule has 1 fully saturated rings. The van der Waals surface area contributed by atoms with Gasteiger partial charge in [0.25, 0.3) is 0 Å². The maximum Gasteiger partial charge on any atom is 0.465 e. The minimum Gasteiger partial charge on any atom is -0.435 e. The molecule has 130 valence electrons. The molecule has 1 aliphatic rings. The van der Waals surface area contributed by atoms with Crippen molar-refractivity contribution in [1.82, 2.24) is 0 Å². The molecule has 0 bridgehead atoms. The first-order valence-electron chi connectivity index (χ1n) is 8.45. The average Bonchev–Trinajstić information content (AvgIpc) is 2.71. The molecular formula is C19H27BO4. The summed E-state index contributed by atoms with van der Waals surface area (Å²) in [7, 11) is -0.356. The Bertz CT molecular complexity index is 564. The van der Waals surface area contributed by atoms with Gasteiger partial charge in [-0.2, -0.15) is 0 Å². The molecule has 0 amide bonds. The molecule has 2 rings (SSSR count). The summed E-state index contributed by atoms with van der Waals surface area (Å²) in [6.45, 7) is 9.54. The van der Waals surface area contributed by atoms with Gasteiger partial charge in [-0.05, 0) is 52.2 Å². The highest BCUT2D eigenvalue weighted by Crippen LogP contribution is 2.41. The number of aryl methyl sites for hydroxylation is 1. The minimum absolute atomic E-state index is 0.00519. The third kappa shape index (κ3) is 4.71. The van der Waals surface area contributed by atoms with Crippen LogP contribution in [0.5, 0.6) is 0 Å². The Kier molecular flexibility index (Phi) is 5.89. The quantitative estimate of drug-likeness (QED) is 0.446. The van der Waals surface area contributed by atoms with Gasteiger partial charge >= 0.3 is 13.1 Å². The largest absolute Gasteiger partial charge is 0.465 e. The van der Waals surface area contributed by atoms with Crippen LogP contribution in [0.25, 0.3) is 0 Å². The van der Waals surface area contributed by atoms with Gasteiger partial charge in [0.1, 0.15) is 0 Å². The van der Waals surface area contributed by atoms with Gasteiger partial charge in [0, 0.05) is 12.7 Å². The van der Waals surface area contributed by atoms with E-state index in [1.54, 1.807) is 0 Å². The first-order chi connectivity index (χ1) is 11.2. The fourth-order valence-electron chi connectivity index (χ4n) is 2.60. The van der Waals surface area contributed by atoms with E-state index in [-0.39, 0.29) is 30.1 Å². The van der Waals surface area contributed by atoms with Gasteiger partial charge in [0.2, 0.25) is 0 Å². The Hall–Kier alpha value is -1.59. The van der Waals surface area contributed by atoms with Crippen molar-refractivity contribution in [2.24, 2.45) is 0 Å². The van der Waals surface area contributed by atoms with Crippen LogP contribution in [0.1, 0.15) is 46.6 Å². The summed E-state index contributed by atoms with van der Waals surface area (Å²) in [4.78, 5) is 11.0. The van der Waals surface area contributed by atoms with Gasteiger partial charge in [-0.3, -0.25) is 4.79 Å². The summed E-state index contributed by atoms with van der Waals surface area (Å²) in [5, 5.41) is 0. The van der Waals surface area contributed by atoms with Crippen molar-refractivity contribution in [1.29, 1.82) is 0 Å². The second-order valence-electron chi connectivity index (χ2n) is 7.25. The van der Waals surface area contributed by atoms with Gasteiger partial charge < -0.3 is 14.0 Å². The van der Waals surface area contributed by atoms with E-state index in [0.29, 0.717) is 0 Å². The van der Waals surface area contributed by atoms with Crippen molar-refractivity contribution in [2.75, 3.05) is 0 Å². The lowest BCUT2D eigenvalue weighted by Gasteiger charge is -2.32. The molecule has 0 radical (unpaired) electrons. The van der Waals surface area contributed by atoms with Gasteiger partial charge in [0.05, 0.1) is 17.5 Å². The second kappa shape index (κ2) is 7.54. The molecule has 1 aromatic rings. The molecule has 1 atom stereocenters.